The van der Waals surface area contributed by atoms with Gasteiger partial charge in [0.15, 0.2) is 0 Å². The van der Waals surface area contributed by atoms with Gasteiger partial charge < -0.3 is 3.88 Å². The van der Waals surface area contributed by atoms with Crippen molar-refractivity contribution < 1.29 is 0 Å². The highest BCUT2D eigenvalue weighted by molar-refractivity contribution is 8.93. The summed E-state index contributed by atoms with van der Waals surface area (Å²) in [6.45, 7) is 6.52. The van der Waals surface area contributed by atoms with Gasteiger partial charge in [-0.1, -0.05) is 13.8 Å². The summed E-state index contributed by atoms with van der Waals surface area (Å²) < 4.78 is 2.17. The highest BCUT2D eigenvalue weighted by Crippen LogP contribution is 1.72. The van der Waals surface area contributed by atoms with Gasteiger partial charge in [0.2, 0.25) is 0 Å². The van der Waals surface area contributed by atoms with Gasteiger partial charge in [0.05, 0.1) is 0 Å². The van der Waals surface area contributed by atoms with Crippen LogP contribution >= 0.6 is 34.0 Å². The van der Waals surface area contributed by atoms with Crippen LogP contribution in [-0.2, 0) is 0 Å². The molecule has 0 aliphatic heterocycles. The summed E-state index contributed by atoms with van der Waals surface area (Å²) in [6, 6.07) is 0. The van der Waals surface area contributed by atoms with Gasteiger partial charge in [-0.3, -0.25) is 0 Å². The van der Waals surface area contributed by atoms with Crippen LogP contribution in [0, 0.1) is 0 Å². The van der Waals surface area contributed by atoms with E-state index in [-0.39, 0.29) is 34.0 Å². The van der Waals surface area contributed by atoms with Crippen molar-refractivity contribution in [3.8, 4) is 0 Å². The van der Waals surface area contributed by atoms with E-state index in [4.69, 9.17) is 0 Å². The van der Waals surface area contributed by atoms with Crippen molar-refractivity contribution in [3.05, 3.63) is 0 Å². The molecule has 1 nitrogen and oxygen atoms in total. The van der Waals surface area contributed by atoms with Crippen LogP contribution < -0.4 is 0 Å². The van der Waals surface area contributed by atoms with E-state index in [2.05, 4.69) is 34.2 Å². The maximum atomic E-state index is 2.64. The van der Waals surface area contributed by atoms with Crippen LogP contribution in [0.3, 0.4) is 0 Å². The Bertz CT molecular complexity index is 33.2. The van der Waals surface area contributed by atoms with Crippen molar-refractivity contribution in [1.82, 2.24) is 3.88 Å². The van der Waals surface area contributed by atoms with E-state index in [1.165, 1.54) is 0 Å². The lowest BCUT2D eigenvalue weighted by molar-refractivity contribution is 0.505. The predicted molar refractivity (Wildman–Crippen MR) is 49.3 cm³/mol. The number of nitrogens with zero attached hydrogens (tertiary/aromatic N) is 1. The van der Waals surface area contributed by atoms with Crippen molar-refractivity contribution in [2.75, 3.05) is 13.1 Å². The van der Waals surface area contributed by atoms with Crippen LogP contribution in [-0.4, -0.2) is 33.5 Å². The second-order valence-electron chi connectivity index (χ2n) is 1.22. The maximum absolute atomic E-state index is 2.64. The highest BCUT2D eigenvalue weighted by Gasteiger charge is 1.80. The molecular weight excluding hydrogens is 249 g/mol. The maximum Gasteiger partial charge on any atom is 0.255 e. The molecule has 0 bridgehead atoms. The third-order valence-corrected chi connectivity index (χ3v) is 1.54. The molecule has 0 aromatic carbocycles. The van der Waals surface area contributed by atoms with Crippen LogP contribution in [0.25, 0.3) is 0 Å². The molecule has 0 rings (SSSR count). The van der Waals surface area contributed by atoms with Gasteiger partial charge >= 0.3 is 0 Å². The summed E-state index contributed by atoms with van der Waals surface area (Å²) in [5.41, 5.74) is 0. The molecule has 0 amide bonds. The lowest BCUT2D eigenvalue weighted by Gasteiger charge is -2.09. The van der Waals surface area contributed by atoms with Crippen molar-refractivity contribution in [3.63, 3.8) is 0 Å². The lowest BCUT2D eigenvalue weighted by Crippen LogP contribution is -2.17. The fourth-order valence-corrected chi connectivity index (χ4v) is 0.224. The monoisotopic (exact) mass is 259 g/mol. The molecule has 2 radical (unpaired) electrons. The minimum Gasteiger partial charge on any atom is -0.403 e. The minimum absolute atomic E-state index is 0. The standard InChI is InChI=1S/C4H10N.Al.2BrH/c1-3-5-4-2;;;/h3-4H2,1-2H3;;2*1H/q-1;+1;;. The van der Waals surface area contributed by atoms with E-state index in [1.54, 1.807) is 0 Å². The molecule has 0 spiro atoms. The Hall–Kier alpha value is 1.45. The number of halogens is 2. The Kier molecular flexibility index (Phi) is 22.9. The summed E-state index contributed by atoms with van der Waals surface area (Å²) in [5, 5.41) is 0. The van der Waals surface area contributed by atoms with E-state index >= 15 is 0 Å². The fraction of sp³-hybridized carbons (Fsp3) is 1.00. The molecule has 0 aliphatic carbocycles. The summed E-state index contributed by atoms with van der Waals surface area (Å²) in [7, 11) is 0. The molecule has 0 saturated heterocycles. The first-order valence-electron chi connectivity index (χ1n) is 2.30. The van der Waals surface area contributed by atoms with Gasteiger partial charge in [0.1, 0.15) is 0 Å². The van der Waals surface area contributed by atoms with Crippen LogP contribution in [0.5, 0.6) is 0 Å². The van der Waals surface area contributed by atoms with Gasteiger partial charge in [-0.15, -0.1) is 34.0 Å². The third kappa shape index (κ3) is 10.4. The van der Waals surface area contributed by atoms with E-state index < -0.39 is 0 Å². The minimum atomic E-state index is 0. The first-order chi connectivity index (χ1) is 2.81. The second kappa shape index (κ2) is 11.3. The normalized spacial score (nSPS) is 7.38. The SMILES string of the molecule is Br.Br.CC[N]([Al])CC. The molecule has 0 N–H and O–H groups in total. The van der Waals surface area contributed by atoms with Gasteiger partial charge in [0, 0.05) is 0 Å². The molecular formula is C4H12AlBr2N. The smallest absolute Gasteiger partial charge is 0.255 e. The molecule has 8 heavy (non-hydrogen) atoms. The van der Waals surface area contributed by atoms with Crippen LogP contribution in [0.2, 0.25) is 0 Å². The number of hydrogen-bond acceptors (Lipinski definition) is 1. The molecule has 0 aliphatic rings. The van der Waals surface area contributed by atoms with E-state index in [1.807, 2.05) is 0 Å². The molecule has 0 aromatic rings. The molecule has 50 valence electrons. The van der Waals surface area contributed by atoms with Gasteiger partial charge in [-0.25, -0.2) is 0 Å². The summed E-state index contributed by atoms with van der Waals surface area (Å²) >= 11 is 2.64. The van der Waals surface area contributed by atoms with Crippen molar-refractivity contribution in [2.24, 2.45) is 0 Å². The summed E-state index contributed by atoms with van der Waals surface area (Å²) in [5.74, 6) is 0. The Morgan fingerprint density at radius 3 is 1.38 bits per heavy atom. The van der Waals surface area contributed by atoms with E-state index in [0.29, 0.717) is 0 Å². The van der Waals surface area contributed by atoms with Gasteiger partial charge in [0.25, 0.3) is 16.5 Å². The Balaban J connectivity index is -0.000000125. The fourth-order valence-electron chi connectivity index (χ4n) is 0.224. The van der Waals surface area contributed by atoms with Gasteiger partial charge in [-0.05, 0) is 13.1 Å². The molecule has 0 aromatic heterocycles. The Morgan fingerprint density at radius 2 is 1.38 bits per heavy atom. The Labute approximate surface area is 81.0 Å². The number of rotatable bonds is 2. The quantitative estimate of drug-likeness (QED) is 0.682. The third-order valence-electron chi connectivity index (χ3n) is 0.812. The second-order valence-corrected chi connectivity index (χ2v) is 1.95. The molecule has 4 heteroatoms. The highest BCUT2D eigenvalue weighted by atomic mass is 79.9. The van der Waals surface area contributed by atoms with Crippen LogP contribution in [0.4, 0.5) is 0 Å². The molecule has 0 saturated carbocycles. The van der Waals surface area contributed by atoms with Crippen molar-refractivity contribution >= 4 is 50.5 Å². The molecule has 0 fully saturated rings. The predicted octanol–water partition coefficient (Wildman–Crippen LogP) is 1.57. The van der Waals surface area contributed by atoms with E-state index in [9.17, 15) is 0 Å². The van der Waals surface area contributed by atoms with Crippen LogP contribution in [0.15, 0.2) is 0 Å². The first kappa shape index (κ1) is 16.2. The zero-order chi connectivity index (χ0) is 4.99. The Morgan fingerprint density at radius 1 is 1.12 bits per heavy atom. The average Bonchev–Trinajstić information content (AvgIpc) is 1.65. The first-order valence-corrected chi connectivity index (χ1v) is 2.82. The van der Waals surface area contributed by atoms with Crippen molar-refractivity contribution in [2.45, 2.75) is 13.8 Å². The van der Waals surface area contributed by atoms with E-state index in [0.717, 1.165) is 13.1 Å². The zero-order valence-electron chi connectivity index (χ0n) is 5.26. The summed E-state index contributed by atoms with van der Waals surface area (Å²) in [4.78, 5) is 0. The van der Waals surface area contributed by atoms with Crippen molar-refractivity contribution in [1.29, 1.82) is 0 Å². The number of hydrogen-bond donors (Lipinski definition) is 0. The largest absolute Gasteiger partial charge is 0.403 e. The molecule has 0 atom stereocenters. The average molecular weight is 261 g/mol. The topological polar surface area (TPSA) is 3.24 Å². The zero-order valence-corrected chi connectivity index (χ0v) is 9.84. The lowest BCUT2D eigenvalue weighted by atomic mass is 10.7. The summed E-state index contributed by atoms with van der Waals surface area (Å²) in [6.07, 6.45) is 0. The van der Waals surface area contributed by atoms with Gasteiger partial charge in [-0.2, -0.15) is 0 Å². The van der Waals surface area contributed by atoms with Crippen LogP contribution in [0.1, 0.15) is 13.8 Å². The molecule has 0 unspecified atom stereocenters. The molecule has 0 heterocycles.